The number of hydrogen-bond donors (Lipinski definition) is 1. The molecule has 0 radical (unpaired) electrons. The molecular formula is C15H18N2O3S2. The number of thiophene rings is 1. The Balaban J connectivity index is 2.13. The number of rotatable bonds is 6. The molecule has 0 unspecified atom stereocenters. The number of benzene rings is 1. The highest BCUT2D eigenvalue weighted by molar-refractivity contribution is 7.89. The van der Waals surface area contributed by atoms with Crippen LogP contribution in [-0.4, -0.2) is 20.7 Å². The van der Waals surface area contributed by atoms with Crippen molar-refractivity contribution in [1.82, 2.24) is 4.83 Å². The Hall–Kier alpha value is -1.86. The molecule has 0 aliphatic heterocycles. The molecule has 0 saturated carbocycles. The predicted molar refractivity (Wildman–Crippen MR) is 89.2 cm³/mol. The average molecular weight is 338 g/mol. The van der Waals surface area contributed by atoms with Crippen molar-refractivity contribution in [2.45, 2.75) is 25.7 Å². The number of nitrogens with one attached hydrogen (secondary N) is 1. The standard InChI is InChI=1S/C15H18N2O3S2/c1-4-20-13-6-8-14(9-7-13)22(18,19)17-16-12(3)15-10-5-11(2)21-15/h5-10,17H,4H2,1-3H3/b16-12-. The maximum absolute atomic E-state index is 12.2. The zero-order valence-corrected chi connectivity index (χ0v) is 14.3. The highest BCUT2D eigenvalue weighted by Gasteiger charge is 2.13. The van der Waals surface area contributed by atoms with Crippen LogP contribution in [0.1, 0.15) is 23.6 Å². The lowest BCUT2D eigenvalue weighted by molar-refractivity contribution is 0.340. The molecule has 0 atom stereocenters. The van der Waals surface area contributed by atoms with Crippen LogP contribution >= 0.6 is 11.3 Å². The van der Waals surface area contributed by atoms with Crippen molar-refractivity contribution in [3.8, 4) is 5.75 Å². The summed E-state index contributed by atoms with van der Waals surface area (Å²) in [4.78, 5) is 4.50. The van der Waals surface area contributed by atoms with Crippen LogP contribution in [0.25, 0.3) is 0 Å². The first-order valence-electron chi connectivity index (χ1n) is 6.78. The van der Waals surface area contributed by atoms with E-state index in [0.29, 0.717) is 18.1 Å². The van der Waals surface area contributed by atoms with Crippen molar-refractivity contribution >= 4 is 27.1 Å². The highest BCUT2D eigenvalue weighted by Crippen LogP contribution is 2.17. The van der Waals surface area contributed by atoms with Crippen LogP contribution in [0, 0.1) is 6.92 Å². The molecule has 0 saturated heterocycles. The van der Waals surface area contributed by atoms with Crippen molar-refractivity contribution in [3.63, 3.8) is 0 Å². The first-order valence-corrected chi connectivity index (χ1v) is 9.08. The van der Waals surface area contributed by atoms with Gasteiger partial charge in [0.2, 0.25) is 0 Å². The summed E-state index contributed by atoms with van der Waals surface area (Å²) in [5, 5.41) is 3.97. The number of hydrogen-bond acceptors (Lipinski definition) is 5. The van der Waals surface area contributed by atoms with Gasteiger partial charge < -0.3 is 4.74 Å². The Morgan fingerprint density at radius 1 is 1.23 bits per heavy atom. The molecule has 0 aliphatic rings. The van der Waals surface area contributed by atoms with Crippen molar-refractivity contribution in [2.24, 2.45) is 5.10 Å². The largest absolute Gasteiger partial charge is 0.494 e. The van der Waals surface area contributed by atoms with Gasteiger partial charge in [0, 0.05) is 4.88 Å². The van der Waals surface area contributed by atoms with Gasteiger partial charge in [0.1, 0.15) is 5.75 Å². The first-order chi connectivity index (χ1) is 10.4. The van der Waals surface area contributed by atoms with Gasteiger partial charge in [0.05, 0.1) is 22.1 Å². The Labute approximate surface area is 134 Å². The number of nitrogens with zero attached hydrogens (tertiary/aromatic N) is 1. The lowest BCUT2D eigenvalue weighted by Crippen LogP contribution is -2.19. The first kappa shape index (κ1) is 16.5. The van der Waals surface area contributed by atoms with Crippen molar-refractivity contribution in [2.75, 3.05) is 6.61 Å². The van der Waals surface area contributed by atoms with E-state index in [2.05, 4.69) is 9.93 Å². The smallest absolute Gasteiger partial charge is 0.276 e. The zero-order chi connectivity index (χ0) is 16.2. The van der Waals surface area contributed by atoms with E-state index >= 15 is 0 Å². The lowest BCUT2D eigenvalue weighted by Gasteiger charge is -2.06. The number of aryl methyl sites for hydroxylation is 1. The molecule has 5 nitrogen and oxygen atoms in total. The van der Waals surface area contributed by atoms with Crippen molar-refractivity contribution < 1.29 is 13.2 Å². The number of ether oxygens (including phenoxy) is 1. The van der Waals surface area contributed by atoms with E-state index in [1.54, 1.807) is 30.4 Å². The summed E-state index contributed by atoms with van der Waals surface area (Å²) in [5.41, 5.74) is 0.632. The van der Waals surface area contributed by atoms with Gasteiger partial charge in [0.25, 0.3) is 10.0 Å². The molecule has 7 heteroatoms. The fourth-order valence-electron chi connectivity index (χ4n) is 1.75. The topological polar surface area (TPSA) is 67.8 Å². The summed E-state index contributed by atoms with van der Waals surface area (Å²) < 4.78 is 29.7. The lowest BCUT2D eigenvalue weighted by atomic mass is 10.3. The predicted octanol–water partition coefficient (Wildman–Crippen LogP) is 3.16. The van der Waals surface area contributed by atoms with Crippen molar-refractivity contribution in [1.29, 1.82) is 0 Å². The monoisotopic (exact) mass is 338 g/mol. The van der Waals surface area contributed by atoms with E-state index in [0.717, 1.165) is 9.75 Å². The molecular weight excluding hydrogens is 320 g/mol. The Kier molecular flexibility index (Phi) is 5.20. The van der Waals surface area contributed by atoms with Gasteiger partial charge in [0.15, 0.2) is 0 Å². The Morgan fingerprint density at radius 3 is 2.45 bits per heavy atom. The molecule has 1 N–H and O–H groups in total. The maximum atomic E-state index is 12.2. The molecule has 2 rings (SSSR count). The van der Waals surface area contributed by atoms with Crippen LogP contribution < -0.4 is 9.57 Å². The molecule has 0 fully saturated rings. The molecule has 22 heavy (non-hydrogen) atoms. The molecule has 1 heterocycles. The fourth-order valence-corrected chi connectivity index (χ4v) is 3.42. The second-order valence-electron chi connectivity index (χ2n) is 4.61. The molecule has 0 aliphatic carbocycles. The van der Waals surface area contributed by atoms with Crippen LogP contribution in [0.15, 0.2) is 46.4 Å². The van der Waals surface area contributed by atoms with E-state index in [4.69, 9.17) is 4.74 Å². The van der Waals surface area contributed by atoms with Crippen LogP contribution in [0.2, 0.25) is 0 Å². The second kappa shape index (κ2) is 6.93. The summed E-state index contributed by atoms with van der Waals surface area (Å²) in [7, 11) is -3.68. The zero-order valence-electron chi connectivity index (χ0n) is 12.7. The Bertz CT molecular complexity index is 762. The third-order valence-electron chi connectivity index (χ3n) is 2.88. The maximum Gasteiger partial charge on any atom is 0.276 e. The summed E-state index contributed by atoms with van der Waals surface area (Å²) in [5.74, 6) is 0.634. The normalized spacial score (nSPS) is 12.2. The Morgan fingerprint density at radius 2 is 1.91 bits per heavy atom. The van der Waals surface area contributed by atoms with E-state index in [9.17, 15) is 8.42 Å². The van der Waals surface area contributed by atoms with Gasteiger partial charge in [-0.1, -0.05) is 0 Å². The quantitative estimate of drug-likeness (QED) is 0.650. The summed E-state index contributed by atoms with van der Waals surface area (Å²) in [6.07, 6.45) is 0. The third kappa shape index (κ3) is 4.08. The van der Waals surface area contributed by atoms with Gasteiger partial charge in [-0.05, 0) is 57.2 Å². The minimum atomic E-state index is -3.68. The van der Waals surface area contributed by atoms with Crippen LogP contribution in [0.5, 0.6) is 5.75 Å². The molecule has 1 aromatic carbocycles. The van der Waals surface area contributed by atoms with E-state index in [1.165, 1.54) is 12.1 Å². The number of hydrazone groups is 1. The summed E-state index contributed by atoms with van der Waals surface area (Å²) in [6, 6.07) is 10.1. The molecule has 0 bridgehead atoms. The van der Waals surface area contributed by atoms with Gasteiger partial charge in [-0.25, -0.2) is 0 Å². The van der Waals surface area contributed by atoms with Gasteiger partial charge in [-0.2, -0.15) is 18.4 Å². The SMILES string of the molecule is CCOc1ccc(S(=O)(=O)N/N=C(/C)c2ccc(C)s2)cc1. The second-order valence-corrected chi connectivity index (χ2v) is 7.56. The average Bonchev–Trinajstić information content (AvgIpc) is 2.92. The van der Waals surface area contributed by atoms with E-state index in [-0.39, 0.29) is 4.90 Å². The van der Waals surface area contributed by atoms with E-state index in [1.807, 2.05) is 26.0 Å². The molecule has 118 valence electrons. The van der Waals surface area contributed by atoms with Gasteiger partial charge in [-0.3, -0.25) is 0 Å². The molecule has 0 amide bonds. The highest BCUT2D eigenvalue weighted by atomic mass is 32.2. The molecule has 2 aromatic rings. The fraction of sp³-hybridized carbons (Fsp3) is 0.267. The van der Waals surface area contributed by atoms with Crippen LogP contribution in [0.4, 0.5) is 0 Å². The third-order valence-corrected chi connectivity index (χ3v) is 5.21. The van der Waals surface area contributed by atoms with Crippen LogP contribution in [0.3, 0.4) is 0 Å². The van der Waals surface area contributed by atoms with Crippen molar-refractivity contribution in [3.05, 3.63) is 46.2 Å². The van der Waals surface area contributed by atoms with Crippen LogP contribution in [-0.2, 0) is 10.0 Å². The number of sulfonamides is 1. The minimum absolute atomic E-state index is 0.148. The molecule has 1 aromatic heterocycles. The molecule has 0 spiro atoms. The van der Waals surface area contributed by atoms with Gasteiger partial charge in [-0.15, -0.1) is 11.3 Å². The van der Waals surface area contributed by atoms with Gasteiger partial charge >= 0.3 is 0 Å². The summed E-state index contributed by atoms with van der Waals surface area (Å²) in [6.45, 7) is 6.17. The summed E-state index contributed by atoms with van der Waals surface area (Å²) >= 11 is 1.57. The minimum Gasteiger partial charge on any atom is -0.494 e. The van der Waals surface area contributed by atoms with E-state index < -0.39 is 10.0 Å².